The Morgan fingerprint density at radius 1 is 1.22 bits per heavy atom. The van der Waals surface area contributed by atoms with E-state index in [1.165, 1.54) is 12.1 Å². The maximum absolute atomic E-state index is 13.1. The lowest BCUT2D eigenvalue weighted by Crippen LogP contribution is -2.02. The van der Waals surface area contributed by atoms with Crippen LogP contribution < -0.4 is 0 Å². The van der Waals surface area contributed by atoms with Crippen molar-refractivity contribution in [3.8, 4) is 0 Å². The average Bonchev–Trinajstić information content (AvgIpc) is 2.27. The minimum atomic E-state index is -0.544. The van der Waals surface area contributed by atoms with E-state index in [0.717, 1.165) is 16.2 Å². The second-order valence-electron chi connectivity index (χ2n) is 4.25. The molecule has 0 fully saturated rings. The molecule has 0 saturated carbocycles. The lowest BCUT2D eigenvalue weighted by Gasteiger charge is -2.12. The summed E-state index contributed by atoms with van der Waals surface area (Å²) in [6, 6.07) is 7.34. The van der Waals surface area contributed by atoms with Crippen LogP contribution in [0.1, 0.15) is 24.1 Å². The van der Waals surface area contributed by atoms with Crippen LogP contribution in [0.25, 0.3) is 0 Å². The van der Waals surface area contributed by atoms with Crippen LogP contribution in [0.15, 0.2) is 41.0 Å². The van der Waals surface area contributed by atoms with E-state index in [1.807, 2.05) is 19.1 Å². The third kappa shape index (κ3) is 3.13. The number of hydrogen-bond acceptors (Lipinski definition) is 1. The molecule has 2 aromatic rings. The Morgan fingerprint density at radius 2 is 1.89 bits per heavy atom. The van der Waals surface area contributed by atoms with E-state index in [9.17, 15) is 8.78 Å². The van der Waals surface area contributed by atoms with E-state index in [1.54, 1.807) is 6.20 Å². The lowest BCUT2D eigenvalue weighted by molar-refractivity contribution is 0.576. The van der Waals surface area contributed by atoms with Crippen molar-refractivity contribution >= 4 is 15.9 Å². The maximum Gasteiger partial charge on any atom is 0.126 e. The fourth-order valence-corrected chi connectivity index (χ4v) is 2.59. The molecule has 0 saturated heterocycles. The van der Waals surface area contributed by atoms with Crippen molar-refractivity contribution in [3.63, 3.8) is 0 Å². The summed E-state index contributed by atoms with van der Waals surface area (Å²) in [5.74, 6) is -1.00. The highest BCUT2D eigenvalue weighted by molar-refractivity contribution is 9.10. The van der Waals surface area contributed by atoms with Gasteiger partial charge >= 0.3 is 0 Å². The third-order valence-corrected chi connectivity index (χ3v) is 3.39. The summed E-state index contributed by atoms with van der Waals surface area (Å²) < 4.78 is 27.1. The zero-order valence-corrected chi connectivity index (χ0v) is 11.4. The number of halogens is 3. The van der Waals surface area contributed by atoms with Crippen LogP contribution in [0.4, 0.5) is 8.78 Å². The fourth-order valence-electron chi connectivity index (χ4n) is 1.94. The molecule has 94 valence electrons. The summed E-state index contributed by atoms with van der Waals surface area (Å²) in [7, 11) is 0. The molecule has 4 heteroatoms. The topological polar surface area (TPSA) is 12.9 Å². The molecular formula is C14H12BrF2N. The molecule has 0 unspecified atom stereocenters. The van der Waals surface area contributed by atoms with E-state index in [4.69, 9.17) is 0 Å². The quantitative estimate of drug-likeness (QED) is 0.815. The zero-order chi connectivity index (χ0) is 13.1. The van der Waals surface area contributed by atoms with Crippen LogP contribution >= 0.6 is 15.9 Å². The molecule has 1 aromatic heterocycles. The Bertz CT molecular complexity index is 537. The molecule has 0 aliphatic rings. The fraction of sp³-hybridized carbons (Fsp3) is 0.214. The van der Waals surface area contributed by atoms with Crippen molar-refractivity contribution in [2.45, 2.75) is 19.3 Å². The molecule has 0 radical (unpaired) electrons. The van der Waals surface area contributed by atoms with Gasteiger partial charge in [0.1, 0.15) is 11.6 Å². The highest BCUT2D eigenvalue weighted by atomic mass is 79.9. The highest BCUT2D eigenvalue weighted by Gasteiger charge is 2.12. The third-order valence-electron chi connectivity index (χ3n) is 2.72. The number of rotatable bonds is 3. The molecule has 0 amide bonds. The second-order valence-corrected chi connectivity index (χ2v) is 5.11. The molecule has 18 heavy (non-hydrogen) atoms. The van der Waals surface area contributed by atoms with Gasteiger partial charge in [0.25, 0.3) is 0 Å². The van der Waals surface area contributed by atoms with Gasteiger partial charge < -0.3 is 0 Å². The molecule has 0 aliphatic heterocycles. The van der Waals surface area contributed by atoms with Gasteiger partial charge in [-0.3, -0.25) is 4.98 Å². The Kier molecular flexibility index (Phi) is 4.07. The molecule has 0 bridgehead atoms. The van der Waals surface area contributed by atoms with Crippen LogP contribution in [0.5, 0.6) is 0 Å². The smallest absolute Gasteiger partial charge is 0.126 e. The standard InChI is InChI=1S/C14H12BrF2N/c1-9(14-13(15)3-2-4-18-14)5-10-6-11(16)8-12(17)7-10/h2-4,6-9H,5H2,1H3/t9-/m0/s1. The van der Waals surface area contributed by atoms with E-state index < -0.39 is 11.6 Å². The van der Waals surface area contributed by atoms with Gasteiger partial charge in [-0.1, -0.05) is 6.92 Å². The first-order valence-corrected chi connectivity index (χ1v) is 6.41. The predicted octanol–water partition coefficient (Wildman–Crippen LogP) is 4.47. The van der Waals surface area contributed by atoms with Crippen LogP contribution in [-0.2, 0) is 6.42 Å². The monoisotopic (exact) mass is 311 g/mol. The first-order chi connectivity index (χ1) is 8.56. The second kappa shape index (κ2) is 5.57. The van der Waals surface area contributed by atoms with Crippen LogP contribution in [0.3, 0.4) is 0 Å². The van der Waals surface area contributed by atoms with Crippen LogP contribution in [-0.4, -0.2) is 4.98 Å². The molecule has 2 rings (SSSR count). The summed E-state index contributed by atoms with van der Waals surface area (Å²) in [5.41, 5.74) is 1.53. The number of aromatic nitrogens is 1. The number of nitrogens with zero attached hydrogens (tertiary/aromatic N) is 1. The average molecular weight is 312 g/mol. The predicted molar refractivity (Wildman–Crippen MR) is 70.4 cm³/mol. The Hall–Kier alpha value is -1.29. The van der Waals surface area contributed by atoms with Crippen molar-refractivity contribution < 1.29 is 8.78 Å². The Morgan fingerprint density at radius 3 is 2.50 bits per heavy atom. The first kappa shape index (κ1) is 13.1. The molecule has 1 aromatic carbocycles. The van der Waals surface area contributed by atoms with Crippen molar-refractivity contribution in [1.29, 1.82) is 0 Å². The van der Waals surface area contributed by atoms with Crippen molar-refractivity contribution in [1.82, 2.24) is 4.98 Å². The molecule has 1 nitrogen and oxygen atoms in total. The summed E-state index contributed by atoms with van der Waals surface area (Å²) >= 11 is 3.43. The number of pyridine rings is 1. The lowest BCUT2D eigenvalue weighted by atomic mass is 9.97. The maximum atomic E-state index is 13.1. The van der Waals surface area contributed by atoms with Gasteiger partial charge in [0, 0.05) is 22.7 Å². The summed E-state index contributed by atoms with van der Waals surface area (Å²) in [6.45, 7) is 1.98. The van der Waals surface area contributed by atoms with Gasteiger partial charge in [-0.2, -0.15) is 0 Å². The summed E-state index contributed by atoms with van der Waals surface area (Å²) in [6.07, 6.45) is 2.26. The van der Waals surface area contributed by atoms with Gasteiger partial charge in [0.15, 0.2) is 0 Å². The minimum Gasteiger partial charge on any atom is -0.260 e. The van der Waals surface area contributed by atoms with Crippen molar-refractivity contribution in [2.24, 2.45) is 0 Å². The molecular weight excluding hydrogens is 300 g/mol. The van der Waals surface area contributed by atoms with Gasteiger partial charge in [-0.25, -0.2) is 8.78 Å². The zero-order valence-electron chi connectivity index (χ0n) is 9.83. The van der Waals surface area contributed by atoms with Crippen molar-refractivity contribution in [3.05, 3.63) is 63.9 Å². The van der Waals surface area contributed by atoms with E-state index >= 15 is 0 Å². The van der Waals surface area contributed by atoms with E-state index in [2.05, 4.69) is 20.9 Å². The summed E-state index contributed by atoms with van der Waals surface area (Å²) in [5, 5.41) is 0. The first-order valence-electron chi connectivity index (χ1n) is 5.61. The van der Waals surface area contributed by atoms with Crippen LogP contribution in [0.2, 0.25) is 0 Å². The number of benzene rings is 1. The molecule has 1 atom stereocenters. The SMILES string of the molecule is C[C@@H](Cc1cc(F)cc(F)c1)c1ncccc1Br. The molecule has 1 heterocycles. The van der Waals surface area contributed by atoms with Gasteiger partial charge in [-0.05, 0) is 52.2 Å². The van der Waals surface area contributed by atoms with Gasteiger partial charge in [0.2, 0.25) is 0 Å². The van der Waals surface area contributed by atoms with Gasteiger partial charge in [0.05, 0.1) is 5.69 Å². The Balaban J connectivity index is 2.21. The molecule has 0 N–H and O–H groups in total. The molecule has 0 aliphatic carbocycles. The van der Waals surface area contributed by atoms with E-state index in [0.29, 0.717) is 12.0 Å². The summed E-state index contributed by atoms with van der Waals surface area (Å²) in [4.78, 5) is 4.28. The normalized spacial score (nSPS) is 12.4. The van der Waals surface area contributed by atoms with E-state index in [-0.39, 0.29) is 5.92 Å². The largest absolute Gasteiger partial charge is 0.260 e. The van der Waals surface area contributed by atoms with Crippen LogP contribution in [0, 0.1) is 11.6 Å². The minimum absolute atomic E-state index is 0.0850. The Labute approximate surface area is 113 Å². The highest BCUT2D eigenvalue weighted by Crippen LogP contribution is 2.25. The molecule has 0 spiro atoms. The van der Waals surface area contributed by atoms with Crippen molar-refractivity contribution in [2.75, 3.05) is 0 Å². The number of hydrogen-bond donors (Lipinski definition) is 0. The van der Waals surface area contributed by atoms with Gasteiger partial charge in [-0.15, -0.1) is 0 Å².